The van der Waals surface area contributed by atoms with Crippen LogP contribution in [0.4, 0.5) is 0 Å². The Balaban J connectivity index is 1.81. The van der Waals surface area contributed by atoms with Crippen LogP contribution in [0, 0.1) is 5.92 Å². The lowest BCUT2D eigenvalue weighted by Crippen LogP contribution is -2.36. The molecular weight excluding hydrogens is 194 g/mol. The minimum atomic E-state index is -0.0580. The summed E-state index contributed by atoms with van der Waals surface area (Å²) in [7, 11) is 0. The zero-order chi connectivity index (χ0) is 11.1. The molecule has 0 aromatic carbocycles. The molecule has 0 unspecified atom stereocenters. The van der Waals surface area contributed by atoms with Crippen LogP contribution < -0.4 is 11.1 Å². The van der Waals surface area contributed by atoms with Crippen LogP contribution in [0.2, 0.25) is 0 Å². The average Bonchev–Trinajstić information content (AvgIpc) is 2.19. The lowest BCUT2D eigenvalue weighted by Gasteiger charge is -2.31. The van der Waals surface area contributed by atoms with Crippen LogP contribution in [0.1, 0.15) is 32.1 Å². The number of rotatable bonds is 7. The topological polar surface area (TPSA) is 90.9 Å². The Morgan fingerprint density at radius 1 is 1.40 bits per heavy atom. The summed E-state index contributed by atoms with van der Waals surface area (Å²) in [4.78, 5) is 0. The molecule has 5 heteroatoms. The fourth-order valence-corrected chi connectivity index (χ4v) is 1.78. The second-order valence-corrected chi connectivity index (χ2v) is 4.24. The number of unbranched alkanes of at least 4 members (excludes halogenated alkanes) is 1. The number of hydrogen-bond acceptors (Lipinski definition) is 4. The number of nitrogens with two attached hydrogens (primary N) is 1. The molecule has 0 amide bonds. The summed E-state index contributed by atoms with van der Waals surface area (Å²) in [6.07, 6.45) is 4.45. The van der Waals surface area contributed by atoms with Gasteiger partial charge >= 0.3 is 0 Å². The van der Waals surface area contributed by atoms with E-state index in [-0.39, 0.29) is 6.10 Å². The number of aliphatic hydroxyl groups excluding tert-OH is 1. The Labute approximate surface area is 90.3 Å². The molecule has 0 heterocycles. The maximum Gasteiger partial charge on any atom is 0.139 e. The number of amidine groups is 1. The predicted octanol–water partition coefficient (Wildman–Crippen LogP) is 0.264. The third-order valence-electron chi connectivity index (χ3n) is 2.81. The molecule has 5 N–H and O–H groups in total. The van der Waals surface area contributed by atoms with Crippen LogP contribution >= 0.6 is 0 Å². The number of hydrogen-bond donors (Lipinski definition) is 4. The molecule has 15 heavy (non-hydrogen) atoms. The number of oxime groups is 1. The Kier molecular flexibility index (Phi) is 5.42. The van der Waals surface area contributed by atoms with Crippen molar-refractivity contribution in [2.75, 3.05) is 13.1 Å². The van der Waals surface area contributed by atoms with E-state index < -0.39 is 0 Å². The van der Waals surface area contributed by atoms with Crippen molar-refractivity contribution in [2.45, 2.75) is 38.2 Å². The second-order valence-electron chi connectivity index (χ2n) is 4.24. The summed E-state index contributed by atoms with van der Waals surface area (Å²) in [6, 6.07) is 0. The largest absolute Gasteiger partial charge is 0.409 e. The zero-order valence-corrected chi connectivity index (χ0v) is 9.02. The minimum Gasteiger partial charge on any atom is -0.409 e. The zero-order valence-electron chi connectivity index (χ0n) is 9.02. The molecule has 1 aliphatic carbocycles. The van der Waals surface area contributed by atoms with Gasteiger partial charge in [-0.15, -0.1) is 0 Å². The van der Waals surface area contributed by atoms with E-state index in [0.29, 0.717) is 18.2 Å². The molecule has 0 aromatic heterocycles. The van der Waals surface area contributed by atoms with E-state index in [1.807, 2.05) is 0 Å². The van der Waals surface area contributed by atoms with Gasteiger partial charge in [-0.2, -0.15) is 0 Å². The molecule has 0 radical (unpaired) electrons. The maximum atomic E-state index is 9.07. The number of nitrogens with zero attached hydrogens (tertiary/aromatic N) is 1. The van der Waals surface area contributed by atoms with Crippen LogP contribution in [0.3, 0.4) is 0 Å². The molecule has 0 atom stereocenters. The third kappa shape index (κ3) is 4.99. The van der Waals surface area contributed by atoms with E-state index in [9.17, 15) is 0 Å². The quantitative estimate of drug-likeness (QED) is 0.161. The lowest BCUT2D eigenvalue weighted by molar-refractivity contribution is 0.0431. The highest BCUT2D eigenvalue weighted by Crippen LogP contribution is 2.25. The summed E-state index contributed by atoms with van der Waals surface area (Å²) in [6.45, 7) is 1.96. The van der Waals surface area contributed by atoms with Gasteiger partial charge in [0.2, 0.25) is 0 Å². The number of aliphatic hydroxyl groups is 1. The van der Waals surface area contributed by atoms with Crippen molar-refractivity contribution in [3.05, 3.63) is 0 Å². The average molecular weight is 215 g/mol. The summed E-state index contributed by atoms with van der Waals surface area (Å²) >= 11 is 0. The minimum absolute atomic E-state index is 0.0580. The van der Waals surface area contributed by atoms with Crippen LogP contribution in [0.15, 0.2) is 5.16 Å². The van der Waals surface area contributed by atoms with Gasteiger partial charge in [0.15, 0.2) is 0 Å². The molecule has 88 valence electrons. The van der Waals surface area contributed by atoms with Gasteiger partial charge in [0.1, 0.15) is 5.84 Å². The lowest BCUT2D eigenvalue weighted by atomic mass is 9.82. The molecule has 1 rings (SSSR count). The molecule has 1 aliphatic rings. The first-order chi connectivity index (χ1) is 7.22. The molecule has 1 fully saturated rings. The van der Waals surface area contributed by atoms with Gasteiger partial charge in [0, 0.05) is 6.42 Å². The van der Waals surface area contributed by atoms with Gasteiger partial charge in [-0.3, -0.25) is 0 Å². The second kappa shape index (κ2) is 6.63. The smallest absolute Gasteiger partial charge is 0.139 e. The van der Waals surface area contributed by atoms with Crippen LogP contribution in [-0.4, -0.2) is 35.3 Å². The molecule has 0 aromatic rings. The van der Waals surface area contributed by atoms with Crippen LogP contribution in [0.25, 0.3) is 0 Å². The summed E-state index contributed by atoms with van der Waals surface area (Å²) < 4.78 is 0. The van der Waals surface area contributed by atoms with E-state index in [2.05, 4.69) is 10.5 Å². The van der Waals surface area contributed by atoms with Gasteiger partial charge in [0.05, 0.1) is 6.10 Å². The molecular formula is C10H21N3O2. The van der Waals surface area contributed by atoms with E-state index in [1.165, 1.54) is 0 Å². The van der Waals surface area contributed by atoms with E-state index >= 15 is 0 Å². The Hall–Kier alpha value is -0.810. The molecule has 0 saturated heterocycles. The van der Waals surface area contributed by atoms with E-state index in [0.717, 1.165) is 38.8 Å². The third-order valence-corrected chi connectivity index (χ3v) is 2.81. The van der Waals surface area contributed by atoms with E-state index in [1.54, 1.807) is 0 Å². The normalized spacial score (nSPS) is 26.3. The van der Waals surface area contributed by atoms with Crippen molar-refractivity contribution in [1.29, 1.82) is 0 Å². The summed E-state index contributed by atoms with van der Waals surface area (Å²) in [5.41, 5.74) is 5.33. The Morgan fingerprint density at radius 3 is 2.73 bits per heavy atom. The van der Waals surface area contributed by atoms with Crippen LogP contribution in [0.5, 0.6) is 0 Å². The van der Waals surface area contributed by atoms with Crippen molar-refractivity contribution >= 4 is 5.84 Å². The Bertz CT molecular complexity index is 203. The monoisotopic (exact) mass is 215 g/mol. The Morgan fingerprint density at radius 2 is 2.13 bits per heavy atom. The fraction of sp³-hybridized carbons (Fsp3) is 0.900. The molecule has 0 aliphatic heterocycles. The molecule has 1 saturated carbocycles. The molecule has 0 spiro atoms. The van der Waals surface area contributed by atoms with Crippen molar-refractivity contribution in [3.63, 3.8) is 0 Å². The van der Waals surface area contributed by atoms with Gasteiger partial charge in [-0.1, -0.05) is 5.16 Å². The molecule has 5 nitrogen and oxygen atoms in total. The van der Waals surface area contributed by atoms with Crippen molar-refractivity contribution in [2.24, 2.45) is 16.8 Å². The first kappa shape index (κ1) is 12.3. The highest BCUT2D eigenvalue weighted by molar-refractivity contribution is 5.79. The van der Waals surface area contributed by atoms with Gasteiger partial charge < -0.3 is 21.4 Å². The van der Waals surface area contributed by atoms with Crippen molar-refractivity contribution < 1.29 is 10.3 Å². The number of nitrogens with one attached hydrogen (secondary N) is 1. The van der Waals surface area contributed by atoms with Gasteiger partial charge in [-0.25, -0.2) is 0 Å². The standard InChI is InChI=1S/C10H21N3O2/c11-10(13-15)3-1-2-4-12-7-8-5-9(14)6-8/h8-9,12,14-15H,1-7H2,(H2,11,13). The maximum absolute atomic E-state index is 9.07. The van der Waals surface area contributed by atoms with Crippen molar-refractivity contribution in [3.8, 4) is 0 Å². The first-order valence-electron chi connectivity index (χ1n) is 5.57. The molecule has 0 bridgehead atoms. The predicted molar refractivity (Wildman–Crippen MR) is 58.9 cm³/mol. The highest BCUT2D eigenvalue weighted by Gasteiger charge is 2.26. The van der Waals surface area contributed by atoms with Crippen LogP contribution in [-0.2, 0) is 0 Å². The van der Waals surface area contributed by atoms with Gasteiger partial charge in [-0.05, 0) is 44.7 Å². The first-order valence-corrected chi connectivity index (χ1v) is 5.57. The van der Waals surface area contributed by atoms with Crippen molar-refractivity contribution in [1.82, 2.24) is 5.32 Å². The summed E-state index contributed by atoms with van der Waals surface area (Å²) in [5, 5.41) is 23.6. The highest BCUT2D eigenvalue weighted by atomic mass is 16.4. The summed E-state index contributed by atoms with van der Waals surface area (Å²) in [5.74, 6) is 0.959. The fourth-order valence-electron chi connectivity index (χ4n) is 1.78. The SMILES string of the molecule is NC(CCCCNCC1CC(O)C1)=NO. The van der Waals surface area contributed by atoms with E-state index in [4.69, 9.17) is 16.0 Å². The van der Waals surface area contributed by atoms with Gasteiger partial charge in [0.25, 0.3) is 0 Å².